The Morgan fingerprint density at radius 3 is 2.36 bits per heavy atom. The third kappa shape index (κ3) is 5.50. The lowest BCUT2D eigenvalue weighted by Crippen LogP contribution is -2.55. The molecule has 33 heavy (non-hydrogen) atoms. The van der Waals surface area contributed by atoms with Crippen LogP contribution in [0.5, 0.6) is 0 Å². The first-order valence-electron chi connectivity index (χ1n) is 10.6. The van der Waals surface area contributed by atoms with Crippen molar-refractivity contribution in [1.29, 1.82) is 0 Å². The molecule has 1 unspecified atom stereocenters. The Kier molecular flexibility index (Phi) is 7.56. The number of rotatable bonds is 4. The molecule has 2 heterocycles. The van der Waals surface area contributed by atoms with Crippen LogP contribution >= 0.6 is 15.9 Å². The number of halogens is 1. The molecule has 0 aliphatic carbocycles. The Balaban J connectivity index is 1.51. The summed E-state index contributed by atoms with van der Waals surface area (Å²) in [6.07, 6.45) is -1.84. The third-order valence-electron chi connectivity index (χ3n) is 5.65. The zero-order valence-electron chi connectivity index (χ0n) is 17.7. The van der Waals surface area contributed by atoms with Crippen LogP contribution in [0.15, 0.2) is 71.5 Å². The Labute approximate surface area is 200 Å². The molecule has 4 N–H and O–H groups in total. The van der Waals surface area contributed by atoms with Crippen LogP contribution in [0.1, 0.15) is 33.9 Å². The Morgan fingerprint density at radius 2 is 1.67 bits per heavy atom. The molecule has 0 amide bonds. The second-order valence-electron chi connectivity index (χ2n) is 7.97. The molecular weight excluding hydrogens is 486 g/mol. The van der Waals surface area contributed by atoms with Crippen LogP contribution in [-0.4, -0.2) is 56.4 Å². The van der Waals surface area contributed by atoms with Crippen LogP contribution in [0.4, 0.5) is 0 Å². The summed E-state index contributed by atoms with van der Waals surface area (Å²) in [6, 6.07) is 17.3. The molecular formula is C26H24BrNO5. The lowest BCUT2D eigenvalue weighted by molar-refractivity contribution is -0.231. The van der Waals surface area contributed by atoms with Crippen LogP contribution < -0.4 is 0 Å². The van der Waals surface area contributed by atoms with Crippen molar-refractivity contribution in [2.24, 2.45) is 0 Å². The molecule has 0 saturated carbocycles. The van der Waals surface area contributed by atoms with Crippen molar-refractivity contribution in [3.05, 3.63) is 99.3 Å². The summed E-state index contributed by atoms with van der Waals surface area (Å²) in [5, 5.41) is 40.0. The fraction of sp³-hybridized carbons (Fsp3) is 0.269. The van der Waals surface area contributed by atoms with Gasteiger partial charge < -0.3 is 25.2 Å². The number of ether oxygens (including phenoxy) is 1. The minimum Gasteiger partial charge on any atom is -0.394 e. The zero-order chi connectivity index (χ0) is 23.4. The number of aliphatic hydroxyl groups excluding tert-OH is 4. The summed E-state index contributed by atoms with van der Waals surface area (Å²) in [4.78, 5) is 4.06. The van der Waals surface area contributed by atoms with E-state index in [4.69, 9.17) is 4.74 Å². The van der Waals surface area contributed by atoms with E-state index in [0.717, 1.165) is 26.7 Å². The van der Waals surface area contributed by atoms with Gasteiger partial charge in [-0.25, -0.2) is 0 Å². The van der Waals surface area contributed by atoms with Gasteiger partial charge in [-0.05, 0) is 53.4 Å². The summed E-state index contributed by atoms with van der Waals surface area (Å²) < 4.78 is 6.60. The molecule has 0 spiro atoms. The number of hydrogen-bond donors (Lipinski definition) is 4. The molecule has 2 aromatic carbocycles. The van der Waals surface area contributed by atoms with Gasteiger partial charge >= 0.3 is 0 Å². The number of aromatic nitrogens is 1. The number of pyridine rings is 1. The number of aliphatic hydroxyl groups is 4. The molecule has 1 aliphatic rings. The highest BCUT2D eigenvalue weighted by Gasteiger charge is 2.43. The fourth-order valence-electron chi connectivity index (χ4n) is 3.79. The van der Waals surface area contributed by atoms with Crippen LogP contribution in [-0.2, 0) is 11.2 Å². The Morgan fingerprint density at radius 1 is 0.909 bits per heavy atom. The summed E-state index contributed by atoms with van der Waals surface area (Å²) >= 11 is 3.58. The normalized spacial score (nSPS) is 24.7. The van der Waals surface area contributed by atoms with Gasteiger partial charge in [0.25, 0.3) is 0 Å². The van der Waals surface area contributed by atoms with Crippen LogP contribution in [0.25, 0.3) is 0 Å². The first-order valence-corrected chi connectivity index (χ1v) is 11.4. The smallest absolute Gasteiger partial charge is 0.113 e. The molecule has 6 nitrogen and oxygen atoms in total. The summed E-state index contributed by atoms with van der Waals surface area (Å²) in [7, 11) is 0. The highest BCUT2D eigenvalue weighted by Crippen LogP contribution is 2.34. The van der Waals surface area contributed by atoms with Crippen molar-refractivity contribution < 1.29 is 25.2 Å². The second kappa shape index (κ2) is 10.6. The summed E-state index contributed by atoms with van der Waals surface area (Å²) in [5.74, 6) is 6.22. The van der Waals surface area contributed by atoms with E-state index in [1.54, 1.807) is 18.5 Å². The standard InChI is InChI=1S/C26H24BrNO5/c27-21-10-9-19(26-25(32)24(31)23(30)22(15-29)33-26)13-20(21)12-17-6-3-16(4-7-17)5-8-18-2-1-11-28-14-18/h1-4,6-7,9-11,13-14,22-26,29-32H,12,15H2/t22-,23-,24?,25-,26+/m1/s1. The van der Waals surface area contributed by atoms with Crippen molar-refractivity contribution in [1.82, 2.24) is 4.98 Å². The van der Waals surface area contributed by atoms with Crippen LogP contribution in [0.3, 0.4) is 0 Å². The minimum atomic E-state index is -1.41. The van der Waals surface area contributed by atoms with Crippen LogP contribution in [0.2, 0.25) is 0 Å². The SMILES string of the molecule is OC[C@H]1O[C@@H](c2ccc(Br)c(Cc3ccc(C#Cc4cccnc4)cc3)c2)[C@H](O)C(O)[C@@H]1O. The molecule has 1 aromatic heterocycles. The number of nitrogens with zero attached hydrogens (tertiary/aromatic N) is 1. The van der Waals surface area contributed by atoms with E-state index in [2.05, 4.69) is 32.8 Å². The lowest BCUT2D eigenvalue weighted by atomic mass is 9.90. The molecule has 0 bridgehead atoms. The van der Waals surface area contributed by atoms with E-state index < -0.39 is 37.1 Å². The number of benzene rings is 2. The molecule has 4 rings (SSSR count). The van der Waals surface area contributed by atoms with Crippen molar-refractivity contribution in [2.75, 3.05) is 6.61 Å². The van der Waals surface area contributed by atoms with E-state index in [1.165, 1.54) is 0 Å². The van der Waals surface area contributed by atoms with Crippen molar-refractivity contribution in [3.63, 3.8) is 0 Å². The van der Waals surface area contributed by atoms with Gasteiger partial charge in [-0.2, -0.15) is 0 Å². The maximum absolute atomic E-state index is 10.4. The maximum atomic E-state index is 10.4. The molecule has 3 aromatic rings. The lowest BCUT2D eigenvalue weighted by Gasteiger charge is -2.40. The predicted octanol–water partition coefficient (Wildman–Crippen LogP) is 2.35. The first-order chi connectivity index (χ1) is 16.0. The quantitative estimate of drug-likeness (QED) is 0.402. The molecule has 7 heteroatoms. The topological polar surface area (TPSA) is 103 Å². The highest BCUT2D eigenvalue weighted by molar-refractivity contribution is 9.10. The Hall–Kier alpha value is -2.57. The molecule has 170 valence electrons. The van der Waals surface area contributed by atoms with Crippen molar-refractivity contribution >= 4 is 15.9 Å². The zero-order valence-corrected chi connectivity index (χ0v) is 19.3. The average Bonchev–Trinajstić information content (AvgIpc) is 2.84. The van der Waals surface area contributed by atoms with E-state index in [0.29, 0.717) is 12.0 Å². The molecule has 1 fully saturated rings. The molecule has 5 atom stereocenters. The highest BCUT2D eigenvalue weighted by atomic mass is 79.9. The fourth-order valence-corrected chi connectivity index (χ4v) is 4.18. The average molecular weight is 510 g/mol. The van der Waals surface area contributed by atoms with Gasteiger partial charge in [0.1, 0.15) is 30.5 Å². The van der Waals surface area contributed by atoms with E-state index in [1.807, 2.05) is 48.5 Å². The summed E-state index contributed by atoms with van der Waals surface area (Å²) in [6.45, 7) is -0.457. The van der Waals surface area contributed by atoms with Crippen molar-refractivity contribution in [3.8, 4) is 11.8 Å². The third-order valence-corrected chi connectivity index (χ3v) is 6.43. The van der Waals surface area contributed by atoms with Crippen molar-refractivity contribution in [2.45, 2.75) is 36.9 Å². The summed E-state index contributed by atoms with van der Waals surface area (Å²) in [5.41, 5.74) is 4.46. The van der Waals surface area contributed by atoms with Gasteiger partial charge in [0.15, 0.2) is 0 Å². The van der Waals surface area contributed by atoms with E-state index in [9.17, 15) is 20.4 Å². The van der Waals surface area contributed by atoms with Gasteiger partial charge in [-0.15, -0.1) is 0 Å². The molecule has 1 saturated heterocycles. The van der Waals surface area contributed by atoms with E-state index >= 15 is 0 Å². The largest absolute Gasteiger partial charge is 0.394 e. The van der Waals surface area contributed by atoms with Crippen LogP contribution in [0, 0.1) is 11.8 Å². The van der Waals surface area contributed by atoms with Gasteiger partial charge in [0.2, 0.25) is 0 Å². The maximum Gasteiger partial charge on any atom is 0.113 e. The monoisotopic (exact) mass is 509 g/mol. The number of hydrogen-bond acceptors (Lipinski definition) is 6. The van der Waals surface area contributed by atoms with Gasteiger partial charge in [0, 0.05) is 28.0 Å². The molecule has 1 aliphatic heterocycles. The second-order valence-corrected chi connectivity index (χ2v) is 8.82. The van der Waals surface area contributed by atoms with Gasteiger partial charge in [0.05, 0.1) is 6.61 Å². The predicted molar refractivity (Wildman–Crippen MR) is 126 cm³/mol. The minimum absolute atomic E-state index is 0.457. The molecule has 0 radical (unpaired) electrons. The first kappa shape index (κ1) is 23.6. The van der Waals surface area contributed by atoms with Gasteiger partial charge in [-0.1, -0.05) is 52.0 Å². The van der Waals surface area contributed by atoms with E-state index in [-0.39, 0.29) is 0 Å². The Bertz CT molecular complexity index is 1140. The van der Waals surface area contributed by atoms with Gasteiger partial charge in [-0.3, -0.25) is 4.98 Å².